The number of esters is 5. The minimum atomic E-state index is -1.75. The summed E-state index contributed by atoms with van der Waals surface area (Å²) in [6.45, 7) is 14.3. The standard InChI is InChI=1S/C39H48O13/c1-20-18-38(45)27-13-15-34(5)25(14-16-37(19-48-28(42)12-11-26(34)37)21(2)49-32(43)24-10-9-17-47-24)35(27,6)30(50-22(3)40)31(51-23(4)41)36(38,7)39(29(20)52-39)33(44)46-8/h9-12,17,21,25-27,29-31,45H,1,13-16,18-19H2,2-8H3/t21?,25?,26-,27?,29+,30+,31-,34+,35+,36+,37-,38+,39-/m0/s1. The van der Waals surface area contributed by atoms with Gasteiger partial charge in [0, 0.05) is 37.2 Å². The van der Waals surface area contributed by atoms with Gasteiger partial charge in [-0.1, -0.05) is 26.5 Å². The number of methoxy groups -OCH3 is 1. The zero-order valence-electron chi connectivity index (χ0n) is 30.7. The minimum Gasteiger partial charge on any atom is -0.467 e. The van der Waals surface area contributed by atoms with Crippen LogP contribution in [-0.2, 0) is 47.6 Å². The first-order valence-electron chi connectivity index (χ1n) is 18.0. The maximum Gasteiger partial charge on any atom is 0.374 e. The van der Waals surface area contributed by atoms with Crippen molar-refractivity contribution in [1.29, 1.82) is 0 Å². The summed E-state index contributed by atoms with van der Waals surface area (Å²) in [5.41, 5.74) is -7.18. The Morgan fingerprint density at radius 1 is 1.02 bits per heavy atom. The van der Waals surface area contributed by atoms with E-state index in [-0.39, 0.29) is 24.7 Å². The van der Waals surface area contributed by atoms with Gasteiger partial charge in [0.15, 0.2) is 6.10 Å². The average Bonchev–Trinajstić information content (AvgIpc) is 3.68. The molecule has 52 heavy (non-hydrogen) atoms. The van der Waals surface area contributed by atoms with Gasteiger partial charge in [-0.15, -0.1) is 0 Å². The van der Waals surface area contributed by atoms with Crippen molar-refractivity contribution in [2.75, 3.05) is 13.7 Å². The molecule has 3 unspecified atom stereocenters. The van der Waals surface area contributed by atoms with Gasteiger partial charge in [0.1, 0.15) is 24.9 Å². The van der Waals surface area contributed by atoms with Crippen molar-refractivity contribution < 1.29 is 61.9 Å². The Balaban J connectivity index is 1.39. The molecule has 0 aromatic carbocycles. The summed E-state index contributed by atoms with van der Waals surface area (Å²) >= 11 is 0. The van der Waals surface area contributed by atoms with Crippen LogP contribution in [0.1, 0.15) is 84.2 Å². The second-order valence-electron chi connectivity index (χ2n) is 16.5. The number of fused-ring (bicyclic) bond motifs is 9. The fourth-order valence-corrected chi connectivity index (χ4v) is 12.3. The van der Waals surface area contributed by atoms with E-state index in [9.17, 15) is 29.1 Å². The first-order valence-corrected chi connectivity index (χ1v) is 18.0. The second-order valence-corrected chi connectivity index (χ2v) is 16.5. The Morgan fingerprint density at radius 3 is 2.33 bits per heavy atom. The summed E-state index contributed by atoms with van der Waals surface area (Å²) in [6.07, 6.45) is 2.55. The lowest BCUT2D eigenvalue weighted by Gasteiger charge is -2.73. The average molecular weight is 725 g/mol. The van der Waals surface area contributed by atoms with Gasteiger partial charge in [-0.25, -0.2) is 14.4 Å². The quantitative estimate of drug-likeness (QED) is 0.191. The summed E-state index contributed by atoms with van der Waals surface area (Å²) in [7, 11) is 1.23. The van der Waals surface area contributed by atoms with E-state index in [2.05, 4.69) is 13.5 Å². The predicted octanol–water partition coefficient (Wildman–Crippen LogP) is 4.26. The molecule has 0 radical (unpaired) electrons. The Bertz CT molecular complexity index is 1750. The third-order valence-electron chi connectivity index (χ3n) is 14.5. The Kier molecular flexibility index (Phi) is 8.23. The van der Waals surface area contributed by atoms with E-state index in [0.29, 0.717) is 31.3 Å². The number of furan rings is 1. The van der Waals surface area contributed by atoms with Gasteiger partial charge in [0.2, 0.25) is 11.4 Å². The third-order valence-corrected chi connectivity index (χ3v) is 14.5. The van der Waals surface area contributed by atoms with Gasteiger partial charge in [-0.2, -0.15) is 0 Å². The monoisotopic (exact) mass is 724 g/mol. The van der Waals surface area contributed by atoms with Gasteiger partial charge in [-0.3, -0.25) is 9.59 Å². The molecule has 1 saturated heterocycles. The van der Waals surface area contributed by atoms with Crippen LogP contribution in [0.15, 0.2) is 47.1 Å². The number of cyclic esters (lactones) is 1. The van der Waals surface area contributed by atoms with Crippen molar-refractivity contribution in [2.24, 2.45) is 39.4 Å². The van der Waals surface area contributed by atoms with Crippen molar-refractivity contribution in [2.45, 2.75) is 109 Å². The molecule has 5 fully saturated rings. The number of ether oxygens (including phenoxy) is 6. The van der Waals surface area contributed by atoms with E-state index < -0.39 is 99.0 Å². The summed E-state index contributed by atoms with van der Waals surface area (Å²) in [5, 5.41) is 13.4. The fraction of sp³-hybridized carbons (Fsp3) is 0.667. The van der Waals surface area contributed by atoms with Crippen molar-refractivity contribution in [3.05, 3.63) is 48.5 Å². The van der Waals surface area contributed by atoms with Crippen LogP contribution in [-0.4, -0.2) is 84.3 Å². The van der Waals surface area contributed by atoms with E-state index in [4.69, 9.17) is 32.8 Å². The zero-order valence-corrected chi connectivity index (χ0v) is 30.7. The molecule has 6 aliphatic rings. The SMILES string of the molecule is C=C1C[C@@]2(O)C3CC[C@]4(C)C(CC[C@@]5(C(C)OC(=O)c6ccco6)COC(=O)C=C[C@H]54)[C@@]3(C)[C@H](OC(C)=O)[C@H](OC(C)=O)[C@@]2(C)[C@]2(C(=O)OC)O[C@H]12. The maximum absolute atomic E-state index is 13.8. The molecule has 7 rings (SSSR count). The van der Waals surface area contributed by atoms with E-state index in [1.165, 1.54) is 39.4 Å². The van der Waals surface area contributed by atoms with Crippen molar-refractivity contribution >= 4 is 29.8 Å². The van der Waals surface area contributed by atoms with E-state index in [1.807, 2.05) is 13.0 Å². The van der Waals surface area contributed by atoms with E-state index in [1.54, 1.807) is 19.9 Å². The van der Waals surface area contributed by atoms with Gasteiger partial charge < -0.3 is 37.9 Å². The molecule has 3 heterocycles. The number of rotatable bonds is 6. The summed E-state index contributed by atoms with van der Waals surface area (Å²) in [6, 6.07) is 3.12. The van der Waals surface area contributed by atoms with Crippen LogP contribution in [0.3, 0.4) is 0 Å². The van der Waals surface area contributed by atoms with Crippen LogP contribution in [0.25, 0.3) is 0 Å². The first-order chi connectivity index (χ1) is 24.4. The van der Waals surface area contributed by atoms with Crippen LogP contribution < -0.4 is 0 Å². The summed E-state index contributed by atoms with van der Waals surface area (Å²) in [4.78, 5) is 66.0. The van der Waals surface area contributed by atoms with Gasteiger partial charge in [0.05, 0.1) is 24.4 Å². The smallest absolute Gasteiger partial charge is 0.374 e. The maximum atomic E-state index is 13.8. The molecule has 4 saturated carbocycles. The van der Waals surface area contributed by atoms with E-state index in [0.717, 1.165) is 0 Å². The van der Waals surface area contributed by atoms with Crippen LogP contribution in [0.4, 0.5) is 0 Å². The lowest BCUT2D eigenvalue weighted by Crippen LogP contribution is -2.82. The molecular weight excluding hydrogens is 676 g/mol. The molecule has 0 spiro atoms. The molecule has 1 N–H and O–H groups in total. The lowest BCUT2D eigenvalue weighted by atomic mass is 9.32. The fourth-order valence-electron chi connectivity index (χ4n) is 12.3. The molecule has 1 aromatic rings. The first kappa shape index (κ1) is 36.4. The molecule has 13 heteroatoms. The van der Waals surface area contributed by atoms with Crippen molar-refractivity contribution in [3.63, 3.8) is 0 Å². The Labute approximate surface area is 302 Å². The topological polar surface area (TPSA) is 177 Å². The largest absolute Gasteiger partial charge is 0.467 e. The Morgan fingerprint density at radius 2 is 1.69 bits per heavy atom. The molecule has 282 valence electrons. The highest BCUT2D eigenvalue weighted by atomic mass is 16.7. The van der Waals surface area contributed by atoms with Gasteiger partial charge in [-0.05, 0) is 80.4 Å². The Hall–Kier alpha value is -3.97. The van der Waals surface area contributed by atoms with Gasteiger partial charge in [0.25, 0.3) is 0 Å². The number of carbonyl (C=O) groups excluding carboxylic acids is 5. The van der Waals surface area contributed by atoms with Crippen molar-refractivity contribution in [1.82, 2.24) is 0 Å². The number of hydrogen-bond donors (Lipinski definition) is 1. The highest BCUT2D eigenvalue weighted by Gasteiger charge is 2.90. The predicted molar refractivity (Wildman–Crippen MR) is 179 cm³/mol. The van der Waals surface area contributed by atoms with Crippen LogP contribution in [0.2, 0.25) is 0 Å². The van der Waals surface area contributed by atoms with Crippen LogP contribution in [0.5, 0.6) is 0 Å². The van der Waals surface area contributed by atoms with Crippen molar-refractivity contribution in [3.8, 4) is 0 Å². The molecule has 13 nitrogen and oxygen atoms in total. The van der Waals surface area contributed by atoms with E-state index >= 15 is 0 Å². The second kappa shape index (κ2) is 11.8. The normalized spacial score (nSPS) is 44.8. The van der Waals surface area contributed by atoms with Crippen LogP contribution >= 0.6 is 0 Å². The minimum absolute atomic E-state index is 0.00971. The molecule has 2 aliphatic heterocycles. The summed E-state index contributed by atoms with van der Waals surface area (Å²) in [5.74, 6) is -4.48. The molecule has 0 bridgehead atoms. The number of aliphatic hydroxyl groups is 1. The molecule has 1 aromatic heterocycles. The summed E-state index contributed by atoms with van der Waals surface area (Å²) < 4.78 is 41.1. The van der Waals surface area contributed by atoms with Gasteiger partial charge >= 0.3 is 29.8 Å². The third kappa shape index (κ3) is 4.50. The zero-order chi connectivity index (χ0) is 37.8. The number of hydrogen-bond acceptors (Lipinski definition) is 13. The van der Waals surface area contributed by atoms with Crippen LogP contribution in [0, 0.1) is 39.4 Å². The molecule has 13 atom stereocenters. The highest BCUT2D eigenvalue weighted by Crippen LogP contribution is 2.78. The number of allylic oxidation sites excluding steroid dienone is 1. The molecule has 4 aliphatic carbocycles. The highest BCUT2D eigenvalue weighted by molar-refractivity contribution is 5.88. The molecular formula is C39H48O13. The number of epoxide rings is 1. The number of carbonyl (C=O) groups is 5. The lowest BCUT2D eigenvalue weighted by molar-refractivity contribution is -0.336. The molecule has 0 amide bonds.